The average Bonchev–Trinajstić information content (AvgIpc) is 2.92. The van der Waals surface area contributed by atoms with Gasteiger partial charge in [-0.2, -0.15) is 0 Å². The lowest BCUT2D eigenvalue weighted by Gasteiger charge is -2.30. The van der Waals surface area contributed by atoms with E-state index in [1.54, 1.807) is 0 Å². The van der Waals surface area contributed by atoms with Gasteiger partial charge in [0.05, 0.1) is 0 Å². The molecule has 0 aliphatic heterocycles. The summed E-state index contributed by atoms with van der Waals surface area (Å²) in [7, 11) is 0. The molecule has 3 rings (SSSR count). The van der Waals surface area contributed by atoms with E-state index < -0.39 is 0 Å². The lowest BCUT2D eigenvalue weighted by Crippen LogP contribution is -2.36. The van der Waals surface area contributed by atoms with Gasteiger partial charge in [-0.15, -0.1) is 11.3 Å². The molecule has 1 heterocycles. The molecular weight excluding hydrogens is 262 g/mol. The SMILES string of the molecule is CC(N[C@@H](C)C1CCCCC1)c1cc2ccccc2s1. The molecule has 1 aliphatic rings. The number of rotatable bonds is 4. The molecular formula is C18H25NS. The Kier molecular flexibility index (Phi) is 4.42. The highest BCUT2D eigenvalue weighted by Gasteiger charge is 2.22. The monoisotopic (exact) mass is 287 g/mol. The molecule has 1 aliphatic carbocycles. The van der Waals surface area contributed by atoms with Crippen LogP contribution in [-0.4, -0.2) is 6.04 Å². The van der Waals surface area contributed by atoms with Gasteiger partial charge in [-0.05, 0) is 50.1 Å². The van der Waals surface area contributed by atoms with Gasteiger partial charge in [-0.3, -0.25) is 0 Å². The maximum absolute atomic E-state index is 3.84. The highest BCUT2D eigenvalue weighted by Crippen LogP contribution is 2.32. The zero-order chi connectivity index (χ0) is 13.9. The Bertz CT molecular complexity index is 520. The molecule has 0 amide bonds. The predicted octanol–water partition coefficient (Wildman–Crippen LogP) is 5.52. The first-order chi connectivity index (χ1) is 9.74. The maximum Gasteiger partial charge on any atom is 0.0388 e. The van der Waals surface area contributed by atoms with E-state index in [0.717, 1.165) is 5.92 Å². The van der Waals surface area contributed by atoms with Crippen LogP contribution in [0.2, 0.25) is 0 Å². The van der Waals surface area contributed by atoms with Crippen LogP contribution in [0.5, 0.6) is 0 Å². The van der Waals surface area contributed by atoms with Gasteiger partial charge < -0.3 is 5.32 Å². The summed E-state index contributed by atoms with van der Waals surface area (Å²) in [4.78, 5) is 1.47. The summed E-state index contributed by atoms with van der Waals surface area (Å²) in [6.07, 6.45) is 7.11. The first-order valence-corrected chi connectivity index (χ1v) is 8.80. The second-order valence-corrected chi connectivity index (χ2v) is 7.38. The van der Waals surface area contributed by atoms with Crippen molar-refractivity contribution in [3.05, 3.63) is 35.2 Å². The molecule has 1 nitrogen and oxygen atoms in total. The van der Waals surface area contributed by atoms with Crippen molar-refractivity contribution in [2.45, 2.75) is 58.0 Å². The first-order valence-electron chi connectivity index (χ1n) is 7.98. The van der Waals surface area contributed by atoms with Crippen molar-refractivity contribution in [2.75, 3.05) is 0 Å². The van der Waals surface area contributed by atoms with Crippen molar-refractivity contribution in [1.29, 1.82) is 0 Å². The second-order valence-electron chi connectivity index (χ2n) is 6.26. The third-order valence-corrected chi connectivity index (χ3v) is 6.04. The second kappa shape index (κ2) is 6.28. The van der Waals surface area contributed by atoms with Crippen molar-refractivity contribution in [2.24, 2.45) is 5.92 Å². The van der Waals surface area contributed by atoms with E-state index in [4.69, 9.17) is 0 Å². The Hall–Kier alpha value is -0.860. The number of thiophene rings is 1. The van der Waals surface area contributed by atoms with Crippen LogP contribution in [0.1, 0.15) is 56.9 Å². The third-order valence-electron chi connectivity index (χ3n) is 4.74. The number of nitrogens with one attached hydrogen (secondary N) is 1. The average molecular weight is 287 g/mol. The molecule has 1 fully saturated rings. The Morgan fingerprint density at radius 2 is 1.85 bits per heavy atom. The van der Waals surface area contributed by atoms with Crippen LogP contribution in [0.4, 0.5) is 0 Å². The van der Waals surface area contributed by atoms with Crippen LogP contribution in [0.25, 0.3) is 10.1 Å². The summed E-state index contributed by atoms with van der Waals surface area (Å²) < 4.78 is 1.40. The normalized spacial score (nSPS) is 20.1. The Labute approximate surface area is 126 Å². The van der Waals surface area contributed by atoms with E-state index in [9.17, 15) is 0 Å². The van der Waals surface area contributed by atoms with Gasteiger partial charge in [-0.25, -0.2) is 0 Å². The van der Waals surface area contributed by atoms with E-state index in [-0.39, 0.29) is 0 Å². The molecule has 1 aromatic heterocycles. The molecule has 0 radical (unpaired) electrons. The first kappa shape index (κ1) is 14.1. The molecule has 2 aromatic rings. The van der Waals surface area contributed by atoms with Gasteiger partial charge >= 0.3 is 0 Å². The van der Waals surface area contributed by atoms with Gasteiger partial charge in [0.15, 0.2) is 0 Å². The van der Waals surface area contributed by atoms with E-state index in [0.29, 0.717) is 12.1 Å². The zero-order valence-corrected chi connectivity index (χ0v) is 13.4. The third kappa shape index (κ3) is 3.07. The fourth-order valence-corrected chi connectivity index (χ4v) is 4.54. The van der Waals surface area contributed by atoms with Crippen LogP contribution in [0.3, 0.4) is 0 Å². The van der Waals surface area contributed by atoms with Gasteiger partial charge in [0.1, 0.15) is 0 Å². The van der Waals surface area contributed by atoms with E-state index in [2.05, 4.69) is 49.5 Å². The summed E-state index contributed by atoms with van der Waals surface area (Å²) in [6, 6.07) is 12.1. The molecule has 108 valence electrons. The lowest BCUT2D eigenvalue weighted by molar-refractivity contribution is 0.269. The lowest BCUT2D eigenvalue weighted by atomic mass is 9.84. The number of benzene rings is 1. The van der Waals surface area contributed by atoms with Gasteiger partial charge in [-0.1, -0.05) is 37.5 Å². The Balaban J connectivity index is 1.67. The molecule has 1 unspecified atom stereocenters. The summed E-state index contributed by atoms with van der Waals surface area (Å²) in [5, 5.41) is 5.22. The zero-order valence-electron chi connectivity index (χ0n) is 12.6. The minimum absolute atomic E-state index is 0.462. The number of hydrogen-bond donors (Lipinski definition) is 1. The van der Waals surface area contributed by atoms with Crippen molar-refractivity contribution < 1.29 is 0 Å². The van der Waals surface area contributed by atoms with Crippen LogP contribution < -0.4 is 5.32 Å². The molecule has 2 heteroatoms. The molecule has 0 bridgehead atoms. The summed E-state index contributed by atoms with van der Waals surface area (Å²) in [5.41, 5.74) is 0. The number of hydrogen-bond acceptors (Lipinski definition) is 2. The van der Waals surface area contributed by atoms with Gasteiger partial charge in [0.2, 0.25) is 0 Å². The summed E-state index contributed by atoms with van der Waals surface area (Å²) in [6.45, 7) is 4.68. The van der Waals surface area contributed by atoms with Crippen LogP contribution in [0, 0.1) is 5.92 Å². The standard InChI is InChI=1S/C18H25NS/c1-13(15-8-4-3-5-9-15)19-14(2)18-12-16-10-6-7-11-17(16)20-18/h6-7,10-15,19H,3-5,8-9H2,1-2H3/t13-,14?/m0/s1. The topological polar surface area (TPSA) is 12.0 Å². The quantitative estimate of drug-likeness (QED) is 0.780. The molecule has 20 heavy (non-hydrogen) atoms. The van der Waals surface area contributed by atoms with Crippen LogP contribution >= 0.6 is 11.3 Å². The largest absolute Gasteiger partial charge is 0.307 e. The fraction of sp³-hybridized carbons (Fsp3) is 0.556. The highest BCUT2D eigenvalue weighted by atomic mass is 32.1. The minimum atomic E-state index is 0.462. The van der Waals surface area contributed by atoms with Crippen molar-refractivity contribution >= 4 is 21.4 Å². The van der Waals surface area contributed by atoms with E-state index >= 15 is 0 Å². The Morgan fingerprint density at radius 1 is 1.10 bits per heavy atom. The number of fused-ring (bicyclic) bond motifs is 1. The van der Waals surface area contributed by atoms with Crippen molar-refractivity contribution in [3.8, 4) is 0 Å². The molecule has 2 atom stereocenters. The Morgan fingerprint density at radius 3 is 2.60 bits per heavy atom. The van der Waals surface area contributed by atoms with E-state index in [1.807, 2.05) is 11.3 Å². The summed E-state index contributed by atoms with van der Waals surface area (Å²) >= 11 is 1.93. The molecule has 1 aromatic carbocycles. The molecule has 0 saturated heterocycles. The molecule has 1 N–H and O–H groups in total. The van der Waals surface area contributed by atoms with Crippen LogP contribution in [0.15, 0.2) is 30.3 Å². The highest BCUT2D eigenvalue weighted by molar-refractivity contribution is 7.19. The smallest absolute Gasteiger partial charge is 0.0388 e. The van der Waals surface area contributed by atoms with Gasteiger partial charge in [0.25, 0.3) is 0 Å². The maximum atomic E-state index is 3.84. The van der Waals surface area contributed by atoms with Crippen molar-refractivity contribution in [3.63, 3.8) is 0 Å². The van der Waals surface area contributed by atoms with E-state index in [1.165, 1.54) is 47.1 Å². The fourth-order valence-electron chi connectivity index (χ4n) is 3.46. The predicted molar refractivity (Wildman–Crippen MR) is 89.4 cm³/mol. The summed E-state index contributed by atoms with van der Waals surface area (Å²) in [5.74, 6) is 0.876. The molecule has 1 saturated carbocycles. The van der Waals surface area contributed by atoms with Crippen molar-refractivity contribution in [1.82, 2.24) is 5.32 Å². The molecule has 0 spiro atoms. The minimum Gasteiger partial charge on any atom is -0.307 e. The van der Waals surface area contributed by atoms with Gasteiger partial charge in [0, 0.05) is 21.7 Å². The van der Waals surface area contributed by atoms with Crippen LogP contribution in [-0.2, 0) is 0 Å².